The lowest BCUT2D eigenvalue weighted by molar-refractivity contribution is -0.0236. The molecular formula is C19H23N3O3S. The molecule has 0 spiro atoms. The van der Waals surface area contributed by atoms with Gasteiger partial charge in [-0.3, -0.25) is 9.59 Å². The van der Waals surface area contributed by atoms with Gasteiger partial charge in [0.15, 0.2) is 0 Å². The Bertz CT molecular complexity index is 771. The van der Waals surface area contributed by atoms with Crippen LogP contribution in [0.4, 0.5) is 0 Å². The second kappa shape index (κ2) is 8.44. The van der Waals surface area contributed by atoms with Crippen molar-refractivity contribution in [3.63, 3.8) is 0 Å². The van der Waals surface area contributed by atoms with Gasteiger partial charge in [0.1, 0.15) is 0 Å². The third-order valence-corrected chi connectivity index (χ3v) is 5.52. The Morgan fingerprint density at radius 3 is 2.73 bits per heavy atom. The number of rotatable bonds is 5. The number of ether oxygens (including phenoxy) is 1. The van der Waals surface area contributed by atoms with E-state index < -0.39 is 0 Å². The molecule has 0 bridgehead atoms. The molecule has 26 heavy (non-hydrogen) atoms. The SMILES string of the molecule is CNC(=O)c1ccc(-c2ccc(C(=O)N3CCO[C@@H](CCN)C3)cc2)s1. The van der Waals surface area contributed by atoms with E-state index in [1.54, 1.807) is 7.05 Å². The number of morpholine rings is 1. The van der Waals surface area contributed by atoms with E-state index >= 15 is 0 Å². The van der Waals surface area contributed by atoms with Gasteiger partial charge in [-0.15, -0.1) is 11.3 Å². The molecule has 2 aromatic rings. The standard InChI is InChI=1S/C19H23N3O3S/c1-21-18(23)17-7-6-16(26-17)13-2-4-14(5-3-13)19(24)22-10-11-25-15(12-22)8-9-20/h2-7,15H,8-12,20H2,1H3,(H,21,23)/t15-/m0/s1. The summed E-state index contributed by atoms with van der Waals surface area (Å²) < 4.78 is 5.64. The maximum Gasteiger partial charge on any atom is 0.261 e. The first kappa shape index (κ1) is 18.6. The molecule has 7 heteroatoms. The third-order valence-electron chi connectivity index (χ3n) is 4.39. The summed E-state index contributed by atoms with van der Waals surface area (Å²) in [6, 6.07) is 11.2. The number of nitrogens with zero attached hydrogens (tertiary/aromatic N) is 1. The summed E-state index contributed by atoms with van der Waals surface area (Å²) >= 11 is 1.43. The van der Waals surface area contributed by atoms with Crippen LogP contribution in [0.25, 0.3) is 10.4 Å². The molecule has 1 aliphatic heterocycles. The molecular weight excluding hydrogens is 350 g/mol. The fraction of sp³-hybridized carbons (Fsp3) is 0.368. The summed E-state index contributed by atoms with van der Waals surface area (Å²) in [5, 5.41) is 2.62. The average Bonchev–Trinajstić information content (AvgIpc) is 3.17. The van der Waals surface area contributed by atoms with Crippen molar-refractivity contribution in [3.05, 3.63) is 46.8 Å². The van der Waals surface area contributed by atoms with Crippen LogP contribution in [-0.4, -0.2) is 56.1 Å². The van der Waals surface area contributed by atoms with E-state index in [1.807, 2.05) is 41.3 Å². The lowest BCUT2D eigenvalue weighted by Gasteiger charge is -2.33. The van der Waals surface area contributed by atoms with E-state index in [0.29, 0.717) is 36.7 Å². The van der Waals surface area contributed by atoms with Crippen molar-refractivity contribution in [2.24, 2.45) is 5.73 Å². The van der Waals surface area contributed by atoms with Crippen LogP contribution < -0.4 is 11.1 Å². The zero-order chi connectivity index (χ0) is 18.5. The Balaban J connectivity index is 1.70. The number of benzene rings is 1. The number of amides is 2. The maximum atomic E-state index is 12.7. The number of hydrogen-bond donors (Lipinski definition) is 2. The van der Waals surface area contributed by atoms with Crippen molar-refractivity contribution in [1.29, 1.82) is 0 Å². The maximum absolute atomic E-state index is 12.7. The monoisotopic (exact) mass is 373 g/mol. The van der Waals surface area contributed by atoms with Crippen LogP contribution in [0.15, 0.2) is 36.4 Å². The minimum atomic E-state index is -0.0904. The molecule has 0 aliphatic carbocycles. The van der Waals surface area contributed by atoms with Gasteiger partial charge in [0.25, 0.3) is 11.8 Å². The van der Waals surface area contributed by atoms with E-state index in [1.165, 1.54) is 11.3 Å². The van der Waals surface area contributed by atoms with Crippen molar-refractivity contribution < 1.29 is 14.3 Å². The summed E-state index contributed by atoms with van der Waals surface area (Å²) in [6.45, 7) is 2.28. The Morgan fingerprint density at radius 2 is 2.04 bits per heavy atom. The molecule has 0 radical (unpaired) electrons. The summed E-state index contributed by atoms with van der Waals surface area (Å²) in [6.07, 6.45) is 0.778. The minimum Gasteiger partial charge on any atom is -0.374 e. The average molecular weight is 373 g/mol. The molecule has 1 aromatic carbocycles. The van der Waals surface area contributed by atoms with Gasteiger partial charge in [0.05, 0.1) is 17.6 Å². The predicted octanol–water partition coefficient (Wildman–Crippen LogP) is 1.96. The molecule has 1 atom stereocenters. The van der Waals surface area contributed by atoms with Gasteiger partial charge in [0.2, 0.25) is 0 Å². The molecule has 2 heterocycles. The van der Waals surface area contributed by atoms with Crippen LogP contribution in [0.1, 0.15) is 26.5 Å². The molecule has 138 valence electrons. The molecule has 3 rings (SSSR count). The Morgan fingerprint density at radius 1 is 1.27 bits per heavy atom. The van der Waals surface area contributed by atoms with E-state index in [9.17, 15) is 9.59 Å². The van der Waals surface area contributed by atoms with Gasteiger partial charge in [-0.2, -0.15) is 0 Å². The van der Waals surface area contributed by atoms with Crippen molar-refractivity contribution in [2.75, 3.05) is 33.3 Å². The third kappa shape index (κ3) is 4.12. The molecule has 3 N–H and O–H groups in total. The van der Waals surface area contributed by atoms with Crippen molar-refractivity contribution in [3.8, 4) is 10.4 Å². The van der Waals surface area contributed by atoms with Crippen LogP contribution >= 0.6 is 11.3 Å². The number of thiophene rings is 1. The van der Waals surface area contributed by atoms with Crippen molar-refractivity contribution in [2.45, 2.75) is 12.5 Å². The van der Waals surface area contributed by atoms with E-state index in [0.717, 1.165) is 16.9 Å². The molecule has 2 amide bonds. The van der Waals surface area contributed by atoms with Crippen molar-refractivity contribution >= 4 is 23.2 Å². The van der Waals surface area contributed by atoms with E-state index in [2.05, 4.69) is 5.32 Å². The second-order valence-electron chi connectivity index (χ2n) is 6.14. The summed E-state index contributed by atoms with van der Waals surface area (Å²) in [5.41, 5.74) is 7.23. The highest BCUT2D eigenvalue weighted by molar-refractivity contribution is 7.17. The van der Waals surface area contributed by atoms with Crippen LogP contribution in [0, 0.1) is 0 Å². The Labute approximate surface area is 156 Å². The van der Waals surface area contributed by atoms with E-state index in [-0.39, 0.29) is 17.9 Å². The molecule has 0 unspecified atom stereocenters. The number of carbonyl (C=O) groups is 2. The fourth-order valence-corrected chi connectivity index (χ4v) is 3.92. The zero-order valence-electron chi connectivity index (χ0n) is 14.7. The highest BCUT2D eigenvalue weighted by Gasteiger charge is 2.24. The normalized spacial score (nSPS) is 17.2. The van der Waals surface area contributed by atoms with Gasteiger partial charge in [-0.05, 0) is 42.8 Å². The Kier molecular flexibility index (Phi) is 6.03. The first-order valence-corrected chi connectivity index (χ1v) is 9.47. The largest absolute Gasteiger partial charge is 0.374 e. The first-order valence-electron chi connectivity index (χ1n) is 8.65. The molecule has 1 fully saturated rings. The van der Waals surface area contributed by atoms with Gasteiger partial charge in [0, 0.05) is 30.6 Å². The Hall–Kier alpha value is -2.22. The second-order valence-corrected chi connectivity index (χ2v) is 7.23. The number of nitrogens with two attached hydrogens (primary N) is 1. The highest BCUT2D eigenvalue weighted by Crippen LogP contribution is 2.28. The molecule has 1 aromatic heterocycles. The summed E-state index contributed by atoms with van der Waals surface area (Å²) in [5.74, 6) is -0.0773. The highest BCUT2D eigenvalue weighted by atomic mass is 32.1. The minimum absolute atomic E-state index is 0.0131. The molecule has 6 nitrogen and oxygen atoms in total. The lowest BCUT2D eigenvalue weighted by atomic mass is 10.1. The molecule has 0 saturated carbocycles. The van der Waals surface area contributed by atoms with Crippen LogP contribution in [-0.2, 0) is 4.74 Å². The smallest absolute Gasteiger partial charge is 0.261 e. The van der Waals surface area contributed by atoms with Gasteiger partial charge in [-0.1, -0.05) is 12.1 Å². The van der Waals surface area contributed by atoms with Crippen LogP contribution in [0.5, 0.6) is 0 Å². The van der Waals surface area contributed by atoms with Crippen molar-refractivity contribution in [1.82, 2.24) is 10.2 Å². The van der Waals surface area contributed by atoms with Gasteiger partial charge in [-0.25, -0.2) is 0 Å². The molecule has 1 aliphatic rings. The van der Waals surface area contributed by atoms with Gasteiger partial charge >= 0.3 is 0 Å². The summed E-state index contributed by atoms with van der Waals surface area (Å²) in [7, 11) is 1.62. The van der Waals surface area contributed by atoms with Crippen LogP contribution in [0.3, 0.4) is 0 Å². The number of carbonyl (C=O) groups excluding carboxylic acids is 2. The number of nitrogens with one attached hydrogen (secondary N) is 1. The topological polar surface area (TPSA) is 84.7 Å². The van der Waals surface area contributed by atoms with E-state index in [4.69, 9.17) is 10.5 Å². The summed E-state index contributed by atoms with van der Waals surface area (Å²) in [4.78, 5) is 27.9. The predicted molar refractivity (Wildman–Crippen MR) is 102 cm³/mol. The van der Waals surface area contributed by atoms with Crippen LogP contribution in [0.2, 0.25) is 0 Å². The fourth-order valence-electron chi connectivity index (χ4n) is 2.96. The van der Waals surface area contributed by atoms with Gasteiger partial charge < -0.3 is 20.7 Å². The molecule has 1 saturated heterocycles. The quantitative estimate of drug-likeness (QED) is 0.839. The number of hydrogen-bond acceptors (Lipinski definition) is 5. The zero-order valence-corrected chi connectivity index (χ0v) is 15.6. The lowest BCUT2D eigenvalue weighted by Crippen LogP contribution is -2.46. The first-order chi connectivity index (χ1) is 12.6.